The number of aryl methyl sites for hydroxylation is 1. The molecule has 1 heterocycles. The van der Waals surface area contributed by atoms with Crippen LogP contribution in [0, 0.1) is 6.92 Å². The molecule has 1 N–H and O–H groups in total. The standard InChI is InChI=1S/C14H19NO2/c1-11-5-2-3-6-12(11)10-15-8-4-7-13(15)9-14(16)17/h2-3,5-6,13H,4,7-10H2,1H3,(H,16,17). The van der Waals surface area contributed by atoms with Crippen molar-refractivity contribution < 1.29 is 9.90 Å². The highest BCUT2D eigenvalue weighted by Crippen LogP contribution is 2.23. The molecule has 0 saturated carbocycles. The molecule has 1 aromatic carbocycles. The molecule has 1 fully saturated rings. The second kappa shape index (κ2) is 5.32. The van der Waals surface area contributed by atoms with Gasteiger partial charge in [-0.3, -0.25) is 9.69 Å². The Balaban J connectivity index is 2.03. The van der Waals surface area contributed by atoms with Gasteiger partial charge in [-0.05, 0) is 37.4 Å². The molecule has 0 amide bonds. The smallest absolute Gasteiger partial charge is 0.304 e. The van der Waals surface area contributed by atoms with Gasteiger partial charge in [0.1, 0.15) is 0 Å². The van der Waals surface area contributed by atoms with Crippen molar-refractivity contribution in [2.24, 2.45) is 0 Å². The quantitative estimate of drug-likeness (QED) is 0.868. The average Bonchev–Trinajstić information content (AvgIpc) is 2.68. The number of likely N-dealkylation sites (tertiary alicyclic amines) is 1. The van der Waals surface area contributed by atoms with Crippen LogP contribution in [0.3, 0.4) is 0 Å². The van der Waals surface area contributed by atoms with E-state index in [-0.39, 0.29) is 12.5 Å². The summed E-state index contributed by atoms with van der Waals surface area (Å²) in [6, 6.07) is 8.54. The third kappa shape index (κ3) is 3.07. The van der Waals surface area contributed by atoms with E-state index in [1.807, 2.05) is 12.1 Å². The number of benzene rings is 1. The number of aliphatic carboxylic acids is 1. The third-order valence-electron chi connectivity index (χ3n) is 3.54. The Labute approximate surface area is 102 Å². The first-order valence-corrected chi connectivity index (χ1v) is 6.17. The normalized spacial score (nSPS) is 20.6. The fourth-order valence-electron chi connectivity index (χ4n) is 2.54. The third-order valence-corrected chi connectivity index (χ3v) is 3.54. The maximum atomic E-state index is 10.8. The zero-order valence-corrected chi connectivity index (χ0v) is 10.2. The number of carboxylic acid groups (broad SMARTS) is 1. The summed E-state index contributed by atoms with van der Waals surface area (Å²) < 4.78 is 0. The molecule has 0 aliphatic carbocycles. The molecule has 2 rings (SSSR count). The van der Waals surface area contributed by atoms with Crippen molar-refractivity contribution in [2.75, 3.05) is 6.54 Å². The maximum absolute atomic E-state index is 10.8. The Morgan fingerprint density at radius 3 is 2.94 bits per heavy atom. The summed E-state index contributed by atoms with van der Waals surface area (Å²) in [6.45, 7) is 4.01. The van der Waals surface area contributed by atoms with Crippen molar-refractivity contribution in [3.8, 4) is 0 Å². The Kier molecular flexibility index (Phi) is 3.79. The van der Waals surface area contributed by atoms with E-state index in [2.05, 4.69) is 24.0 Å². The van der Waals surface area contributed by atoms with Crippen molar-refractivity contribution in [1.29, 1.82) is 0 Å². The van der Waals surface area contributed by atoms with Crippen molar-refractivity contribution in [3.05, 3.63) is 35.4 Å². The highest BCUT2D eigenvalue weighted by molar-refractivity contribution is 5.67. The Morgan fingerprint density at radius 2 is 2.24 bits per heavy atom. The van der Waals surface area contributed by atoms with E-state index in [0.717, 1.165) is 25.9 Å². The minimum Gasteiger partial charge on any atom is -0.481 e. The molecule has 3 nitrogen and oxygen atoms in total. The molecule has 0 spiro atoms. The van der Waals surface area contributed by atoms with E-state index < -0.39 is 5.97 Å². The molecule has 1 unspecified atom stereocenters. The van der Waals surface area contributed by atoms with Gasteiger partial charge in [0, 0.05) is 12.6 Å². The number of carboxylic acids is 1. The van der Waals surface area contributed by atoms with Crippen LogP contribution in [0.2, 0.25) is 0 Å². The molecule has 1 saturated heterocycles. The van der Waals surface area contributed by atoms with Crippen LogP contribution in [-0.4, -0.2) is 28.6 Å². The molecule has 1 atom stereocenters. The van der Waals surface area contributed by atoms with E-state index in [1.54, 1.807) is 0 Å². The zero-order valence-electron chi connectivity index (χ0n) is 10.2. The van der Waals surface area contributed by atoms with Crippen molar-refractivity contribution in [2.45, 2.75) is 38.8 Å². The zero-order chi connectivity index (χ0) is 12.3. The van der Waals surface area contributed by atoms with Gasteiger partial charge in [0.05, 0.1) is 6.42 Å². The van der Waals surface area contributed by atoms with E-state index in [0.29, 0.717) is 0 Å². The summed E-state index contributed by atoms with van der Waals surface area (Å²) >= 11 is 0. The van der Waals surface area contributed by atoms with E-state index in [9.17, 15) is 4.79 Å². The second-order valence-electron chi connectivity index (χ2n) is 4.79. The lowest BCUT2D eigenvalue weighted by Gasteiger charge is -2.23. The highest BCUT2D eigenvalue weighted by atomic mass is 16.4. The van der Waals surface area contributed by atoms with Crippen molar-refractivity contribution in [1.82, 2.24) is 4.90 Å². The van der Waals surface area contributed by atoms with E-state index >= 15 is 0 Å². The summed E-state index contributed by atoms with van der Waals surface area (Å²) in [5, 5.41) is 8.89. The van der Waals surface area contributed by atoms with Crippen LogP contribution >= 0.6 is 0 Å². The first-order valence-electron chi connectivity index (χ1n) is 6.17. The highest BCUT2D eigenvalue weighted by Gasteiger charge is 2.26. The fraction of sp³-hybridized carbons (Fsp3) is 0.500. The van der Waals surface area contributed by atoms with Gasteiger partial charge in [-0.1, -0.05) is 24.3 Å². The minimum absolute atomic E-state index is 0.215. The second-order valence-corrected chi connectivity index (χ2v) is 4.79. The molecule has 1 aliphatic rings. The Bertz CT molecular complexity index is 403. The monoisotopic (exact) mass is 233 g/mol. The van der Waals surface area contributed by atoms with Gasteiger partial charge < -0.3 is 5.11 Å². The number of rotatable bonds is 4. The predicted octanol–water partition coefficient (Wildman–Crippen LogP) is 2.43. The molecular weight excluding hydrogens is 214 g/mol. The number of hydrogen-bond donors (Lipinski definition) is 1. The first-order chi connectivity index (χ1) is 8.16. The summed E-state index contributed by atoms with van der Waals surface area (Å²) in [5.41, 5.74) is 2.60. The number of hydrogen-bond acceptors (Lipinski definition) is 2. The SMILES string of the molecule is Cc1ccccc1CN1CCCC1CC(=O)O. The summed E-state index contributed by atoms with van der Waals surface area (Å²) in [7, 11) is 0. The fourth-order valence-corrected chi connectivity index (χ4v) is 2.54. The molecule has 92 valence electrons. The predicted molar refractivity (Wildman–Crippen MR) is 66.9 cm³/mol. The van der Waals surface area contributed by atoms with Crippen LogP contribution in [0.5, 0.6) is 0 Å². The van der Waals surface area contributed by atoms with Crippen molar-refractivity contribution >= 4 is 5.97 Å². The van der Waals surface area contributed by atoms with Gasteiger partial charge in [-0.2, -0.15) is 0 Å². The van der Waals surface area contributed by atoms with Gasteiger partial charge in [0.25, 0.3) is 0 Å². The van der Waals surface area contributed by atoms with Crippen LogP contribution in [-0.2, 0) is 11.3 Å². The van der Waals surface area contributed by atoms with E-state index in [1.165, 1.54) is 11.1 Å². The van der Waals surface area contributed by atoms with Crippen LogP contribution < -0.4 is 0 Å². The topological polar surface area (TPSA) is 40.5 Å². The maximum Gasteiger partial charge on any atom is 0.304 e. The van der Waals surface area contributed by atoms with Gasteiger partial charge in [0.2, 0.25) is 0 Å². The Morgan fingerprint density at radius 1 is 1.47 bits per heavy atom. The summed E-state index contributed by atoms with van der Waals surface area (Å²) in [5.74, 6) is -0.688. The largest absolute Gasteiger partial charge is 0.481 e. The van der Waals surface area contributed by atoms with Gasteiger partial charge in [0.15, 0.2) is 0 Å². The first kappa shape index (κ1) is 12.1. The molecule has 0 bridgehead atoms. The van der Waals surface area contributed by atoms with Gasteiger partial charge in [-0.15, -0.1) is 0 Å². The molecule has 0 radical (unpaired) electrons. The molecule has 3 heteroatoms. The van der Waals surface area contributed by atoms with E-state index in [4.69, 9.17) is 5.11 Å². The number of nitrogens with zero attached hydrogens (tertiary/aromatic N) is 1. The Hall–Kier alpha value is -1.35. The van der Waals surface area contributed by atoms with Crippen LogP contribution in [0.25, 0.3) is 0 Å². The van der Waals surface area contributed by atoms with Crippen molar-refractivity contribution in [3.63, 3.8) is 0 Å². The lowest BCUT2D eigenvalue weighted by molar-refractivity contribution is -0.138. The molecule has 17 heavy (non-hydrogen) atoms. The molecule has 1 aromatic rings. The lowest BCUT2D eigenvalue weighted by Crippen LogP contribution is -2.31. The van der Waals surface area contributed by atoms with Crippen LogP contribution in [0.15, 0.2) is 24.3 Å². The lowest BCUT2D eigenvalue weighted by atomic mass is 10.1. The van der Waals surface area contributed by atoms with Gasteiger partial charge in [-0.25, -0.2) is 0 Å². The number of carbonyl (C=O) groups is 1. The summed E-state index contributed by atoms with van der Waals surface area (Å²) in [4.78, 5) is 13.1. The molecular formula is C14H19NO2. The van der Waals surface area contributed by atoms with Crippen LogP contribution in [0.1, 0.15) is 30.4 Å². The molecule has 0 aromatic heterocycles. The minimum atomic E-state index is -0.688. The molecule has 1 aliphatic heterocycles. The average molecular weight is 233 g/mol. The van der Waals surface area contributed by atoms with Crippen LogP contribution in [0.4, 0.5) is 0 Å². The summed E-state index contributed by atoms with van der Waals surface area (Å²) in [6.07, 6.45) is 2.40. The van der Waals surface area contributed by atoms with Gasteiger partial charge >= 0.3 is 5.97 Å².